The van der Waals surface area contributed by atoms with Crippen molar-refractivity contribution in [1.82, 2.24) is 10.3 Å². The number of hydrogen-bond acceptors (Lipinski definition) is 3. The van der Waals surface area contributed by atoms with Crippen LogP contribution in [0, 0.1) is 12.3 Å². The van der Waals surface area contributed by atoms with Gasteiger partial charge in [0.05, 0.1) is 5.54 Å². The van der Waals surface area contributed by atoms with Gasteiger partial charge in [0.15, 0.2) is 0 Å². The molecule has 1 aliphatic rings. The van der Waals surface area contributed by atoms with E-state index in [-0.39, 0.29) is 5.54 Å². The number of hydrogen-bond donors (Lipinski definition) is 1. The van der Waals surface area contributed by atoms with Gasteiger partial charge in [-0.2, -0.15) is 0 Å². The van der Waals surface area contributed by atoms with Crippen LogP contribution in [0.3, 0.4) is 0 Å². The molecule has 0 atom stereocenters. The maximum absolute atomic E-state index is 4.68. The van der Waals surface area contributed by atoms with E-state index in [2.05, 4.69) is 43.5 Å². The second-order valence-corrected chi connectivity index (χ2v) is 6.65. The van der Waals surface area contributed by atoms with E-state index in [1.165, 1.54) is 30.7 Å². The minimum atomic E-state index is 0.147. The molecule has 0 amide bonds. The monoisotopic (exact) mass is 238 g/mol. The summed E-state index contributed by atoms with van der Waals surface area (Å²) >= 11 is 1.81. The molecule has 0 saturated heterocycles. The van der Waals surface area contributed by atoms with E-state index in [4.69, 9.17) is 0 Å². The molecule has 2 rings (SSSR count). The molecule has 1 N–H and O–H groups in total. The Labute approximate surface area is 102 Å². The fourth-order valence-corrected chi connectivity index (χ4v) is 3.56. The average Bonchev–Trinajstić information content (AvgIpc) is 2.66. The van der Waals surface area contributed by atoms with Crippen LogP contribution in [0.15, 0.2) is 5.38 Å². The summed E-state index contributed by atoms with van der Waals surface area (Å²) in [7, 11) is 2.08. The number of rotatable bonds is 2. The van der Waals surface area contributed by atoms with Crippen LogP contribution >= 0.6 is 11.3 Å². The van der Waals surface area contributed by atoms with Crippen molar-refractivity contribution >= 4 is 11.3 Å². The highest BCUT2D eigenvalue weighted by Crippen LogP contribution is 2.45. The van der Waals surface area contributed by atoms with E-state index in [0.29, 0.717) is 5.41 Å². The maximum atomic E-state index is 4.68. The quantitative estimate of drug-likeness (QED) is 0.853. The Balaban J connectivity index is 2.22. The van der Waals surface area contributed by atoms with Gasteiger partial charge in [-0.25, -0.2) is 4.98 Å². The van der Waals surface area contributed by atoms with Gasteiger partial charge in [-0.05, 0) is 45.1 Å². The highest BCUT2D eigenvalue weighted by Gasteiger charge is 2.40. The third-order valence-electron chi connectivity index (χ3n) is 3.96. The van der Waals surface area contributed by atoms with Crippen molar-refractivity contribution in [2.45, 2.75) is 52.0 Å². The molecule has 1 heterocycles. The molecular weight excluding hydrogens is 216 g/mol. The predicted molar refractivity (Wildman–Crippen MR) is 69.8 cm³/mol. The summed E-state index contributed by atoms with van der Waals surface area (Å²) < 4.78 is 0. The number of thiazole rings is 1. The number of aryl methyl sites for hydroxylation is 1. The molecule has 0 bridgehead atoms. The summed E-state index contributed by atoms with van der Waals surface area (Å²) in [5, 5.41) is 6.97. The zero-order chi connectivity index (χ0) is 11.8. The number of nitrogens with zero attached hydrogens (tertiary/aromatic N) is 1. The third kappa shape index (κ3) is 2.16. The van der Waals surface area contributed by atoms with Gasteiger partial charge in [0.1, 0.15) is 5.01 Å². The molecule has 3 heteroatoms. The molecule has 0 spiro atoms. The van der Waals surface area contributed by atoms with Crippen LogP contribution in [-0.4, -0.2) is 12.0 Å². The second-order valence-electron chi connectivity index (χ2n) is 5.79. The van der Waals surface area contributed by atoms with Crippen molar-refractivity contribution in [1.29, 1.82) is 0 Å². The molecule has 0 radical (unpaired) electrons. The topological polar surface area (TPSA) is 24.9 Å². The molecule has 0 unspecified atom stereocenters. The number of aromatic nitrogens is 1. The molecule has 90 valence electrons. The van der Waals surface area contributed by atoms with Gasteiger partial charge in [-0.3, -0.25) is 0 Å². The van der Waals surface area contributed by atoms with Crippen molar-refractivity contribution in [2.24, 2.45) is 5.41 Å². The Morgan fingerprint density at radius 2 is 1.88 bits per heavy atom. The summed E-state index contributed by atoms with van der Waals surface area (Å²) in [4.78, 5) is 4.68. The Bertz CT molecular complexity index is 358. The zero-order valence-corrected chi connectivity index (χ0v) is 11.6. The Hall–Kier alpha value is -0.410. The third-order valence-corrected chi connectivity index (χ3v) is 5.13. The Morgan fingerprint density at radius 3 is 2.31 bits per heavy atom. The molecule has 0 aromatic carbocycles. The van der Waals surface area contributed by atoms with E-state index < -0.39 is 0 Å². The first-order chi connectivity index (χ1) is 7.47. The first-order valence-corrected chi connectivity index (χ1v) is 6.97. The SMILES string of the molecule is CNC1(c2nc(C)cs2)CCC(C)(C)CC1. The van der Waals surface area contributed by atoms with Crippen LogP contribution in [0.1, 0.15) is 50.2 Å². The van der Waals surface area contributed by atoms with Crippen LogP contribution in [0.25, 0.3) is 0 Å². The van der Waals surface area contributed by atoms with Crippen molar-refractivity contribution < 1.29 is 0 Å². The molecule has 0 aliphatic heterocycles. The molecular formula is C13H22N2S. The largest absolute Gasteiger partial charge is 0.308 e. The van der Waals surface area contributed by atoms with Gasteiger partial charge in [0.25, 0.3) is 0 Å². The van der Waals surface area contributed by atoms with Crippen LogP contribution in [-0.2, 0) is 5.54 Å². The van der Waals surface area contributed by atoms with E-state index in [1.807, 2.05) is 0 Å². The van der Waals surface area contributed by atoms with Crippen LogP contribution < -0.4 is 5.32 Å². The van der Waals surface area contributed by atoms with Gasteiger partial charge < -0.3 is 5.32 Å². The maximum Gasteiger partial charge on any atom is 0.113 e. The summed E-state index contributed by atoms with van der Waals surface area (Å²) in [6, 6.07) is 0. The lowest BCUT2D eigenvalue weighted by Gasteiger charge is -2.42. The predicted octanol–water partition coefficient (Wildman–Crippen LogP) is 3.47. The smallest absolute Gasteiger partial charge is 0.113 e. The molecule has 16 heavy (non-hydrogen) atoms. The lowest BCUT2D eigenvalue weighted by molar-refractivity contribution is 0.141. The highest BCUT2D eigenvalue weighted by molar-refractivity contribution is 7.09. The molecule has 1 aromatic heterocycles. The van der Waals surface area contributed by atoms with E-state index in [0.717, 1.165) is 5.69 Å². The summed E-state index contributed by atoms with van der Waals surface area (Å²) in [6.07, 6.45) is 4.99. The van der Waals surface area contributed by atoms with Gasteiger partial charge in [-0.1, -0.05) is 13.8 Å². The van der Waals surface area contributed by atoms with Crippen molar-refractivity contribution in [3.8, 4) is 0 Å². The average molecular weight is 238 g/mol. The standard InChI is InChI=1S/C13H22N2S/c1-10-9-16-11(15-10)13(14-4)7-5-12(2,3)6-8-13/h9,14H,5-8H2,1-4H3. The van der Waals surface area contributed by atoms with Crippen molar-refractivity contribution in [3.63, 3.8) is 0 Å². The summed E-state index contributed by atoms with van der Waals surface area (Å²) in [6.45, 7) is 6.83. The van der Waals surface area contributed by atoms with E-state index in [9.17, 15) is 0 Å². The van der Waals surface area contributed by atoms with Gasteiger partial charge in [0.2, 0.25) is 0 Å². The fourth-order valence-electron chi connectivity index (χ4n) is 2.50. The van der Waals surface area contributed by atoms with E-state index >= 15 is 0 Å². The Morgan fingerprint density at radius 1 is 1.25 bits per heavy atom. The highest BCUT2D eigenvalue weighted by atomic mass is 32.1. The van der Waals surface area contributed by atoms with Crippen molar-refractivity contribution in [3.05, 3.63) is 16.1 Å². The molecule has 1 fully saturated rings. The van der Waals surface area contributed by atoms with Crippen LogP contribution in [0.2, 0.25) is 0 Å². The Kier molecular flexibility index (Phi) is 3.10. The second kappa shape index (κ2) is 4.11. The zero-order valence-electron chi connectivity index (χ0n) is 10.8. The first-order valence-electron chi connectivity index (χ1n) is 6.09. The van der Waals surface area contributed by atoms with Crippen LogP contribution in [0.4, 0.5) is 0 Å². The minimum Gasteiger partial charge on any atom is -0.308 e. The minimum absolute atomic E-state index is 0.147. The lowest BCUT2D eigenvalue weighted by atomic mass is 9.69. The normalized spacial score (nSPS) is 23.2. The molecule has 1 aromatic rings. The summed E-state index contributed by atoms with van der Waals surface area (Å²) in [5.41, 5.74) is 1.81. The summed E-state index contributed by atoms with van der Waals surface area (Å²) in [5.74, 6) is 0. The fraction of sp³-hybridized carbons (Fsp3) is 0.769. The lowest BCUT2D eigenvalue weighted by Crippen LogP contribution is -2.44. The molecule has 1 aliphatic carbocycles. The van der Waals surface area contributed by atoms with Gasteiger partial charge in [0, 0.05) is 11.1 Å². The van der Waals surface area contributed by atoms with Gasteiger partial charge >= 0.3 is 0 Å². The number of nitrogens with one attached hydrogen (secondary N) is 1. The molecule has 2 nitrogen and oxygen atoms in total. The van der Waals surface area contributed by atoms with Crippen LogP contribution in [0.5, 0.6) is 0 Å². The van der Waals surface area contributed by atoms with Crippen molar-refractivity contribution in [2.75, 3.05) is 7.05 Å². The van der Waals surface area contributed by atoms with Gasteiger partial charge in [-0.15, -0.1) is 11.3 Å². The first kappa shape index (κ1) is 12.1. The molecule has 1 saturated carbocycles. The van der Waals surface area contributed by atoms with E-state index in [1.54, 1.807) is 11.3 Å².